The number of carbonyl (C=O) groups is 1. The fourth-order valence-electron chi connectivity index (χ4n) is 2.32. The van der Waals surface area contributed by atoms with Gasteiger partial charge in [0.15, 0.2) is 0 Å². The normalized spacial score (nSPS) is 22.9. The summed E-state index contributed by atoms with van der Waals surface area (Å²) < 4.78 is 0. The maximum Gasteiger partial charge on any atom is 0.325 e. The van der Waals surface area contributed by atoms with Gasteiger partial charge in [-0.15, -0.1) is 0 Å². The molecule has 0 radical (unpaired) electrons. The molecule has 0 spiro atoms. The average Bonchev–Trinajstić information content (AvgIpc) is 2.75. The van der Waals surface area contributed by atoms with Gasteiger partial charge in [0, 0.05) is 25.7 Å². The van der Waals surface area contributed by atoms with Crippen LogP contribution in [0.4, 0.5) is 5.69 Å². The SMILES string of the molecule is NC1(C(=O)O)CCN(Cc2c(Cl)cccc2[N+](=O)[O-])C1. The lowest BCUT2D eigenvalue weighted by Crippen LogP contribution is -2.50. The number of halogens is 1. The number of hydrogen-bond donors (Lipinski definition) is 2. The molecule has 0 aliphatic carbocycles. The third-order valence-electron chi connectivity index (χ3n) is 3.48. The molecule has 20 heavy (non-hydrogen) atoms. The van der Waals surface area contributed by atoms with Crippen LogP contribution < -0.4 is 5.73 Å². The van der Waals surface area contributed by atoms with Gasteiger partial charge in [0.1, 0.15) is 5.54 Å². The molecule has 8 heteroatoms. The average molecular weight is 300 g/mol. The molecule has 1 aliphatic heterocycles. The van der Waals surface area contributed by atoms with E-state index in [0.29, 0.717) is 23.6 Å². The number of carboxylic acids is 1. The smallest absolute Gasteiger partial charge is 0.325 e. The summed E-state index contributed by atoms with van der Waals surface area (Å²) >= 11 is 6.01. The van der Waals surface area contributed by atoms with E-state index in [1.807, 2.05) is 0 Å². The van der Waals surface area contributed by atoms with Gasteiger partial charge in [-0.1, -0.05) is 17.7 Å². The van der Waals surface area contributed by atoms with E-state index >= 15 is 0 Å². The summed E-state index contributed by atoms with van der Waals surface area (Å²) in [6.07, 6.45) is 0.306. The maximum absolute atomic E-state index is 11.1. The highest BCUT2D eigenvalue weighted by molar-refractivity contribution is 6.31. The molecular formula is C12H14ClN3O4. The lowest BCUT2D eigenvalue weighted by Gasteiger charge is -2.20. The molecule has 1 unspecified atom stereocenters. The van der Waals surface area contributed by atoms with Crippen LogP contribution in [0.15, 0.2) is 18.2 Å². The van der Waals surface area contributed by atoms with Gasteiger partial charge in [0.2, 0.25) is 0 Å². The van der Waals surface area contributed by atoms with Crippen molar-refractivity contribution in [2.24, 2.45) is 5.73 Å². The summed E-state index contributed by atoms with van der Waals surface area (Å²) in [4.78, 5) is 23.3. The molecule has 0 amide bonds. The molecule has 1 aromatic rings. The standard InChI is InChI=1S/C12H14ClN3O4/c13-9-2-1-3-10(16(19)20)8(9)6-15-5-4-12(14,7-15)11(17)18/h1-3H,4-7,14H2,(H,17,18). The van der Waals surface area contributed by atoms with Crippen LogP contribution in [-0.2, 0) is 11.3 Å². The summed E-state index contributed by atoms with van der Waals surface area (Å²) in [5.41, 5.74) is 4.79. The number of nitrogens with two attached hydrogens (primary N) is 1. The van der Waals surface area contributed by atoms with E-state index in [1.54, 1.807) is 11.0 Å². The Kier molecular flexibility index (Phi) is 3.94. The van der Waals surface area contributed by atoms with Gasteiger partial charge >= 0.3 is 5.97 Å². The molecule has 1 atom stereocenters. The number of benzene rings is 1. The second-order valence-corrected chi connectivity index (χ2v) is 5.32. The first-order valence-corrected chi connectivity index (χ1v) is 6.38. The first kappa shape index (κ1) is 14.7. The second kappa shape index (κ2) is 5.35. The number of nitrogens with zero attached hydrogens (tertiary/aromatic N) is 2. The Balaban J connectivity index is 2.20. The Hall–Kier alpha value is -1.70. The molecule has 1 heterocycles. The van der Waals surface area contributed by atoms with Gasteiger partial charge < -0.3 is 10.8 Å². The van der Waals surface area contributed by atoms with Crippen molar-refractivity contribution in [1.82, 2.24) is 4.90 Å². The van der Waals surface area contributed by atoms with Crippen LogP contribution >= 0.6 is 11.6 Å². The predicted octanol–water partition coefficient (Wildman–Crippen LogP) is 1.24. The minimum atomic E-state index is -1.30. The lowest BCUT2D eigenvalue weighted by molar-refractivity contribution is -0.385. The van der Waals surface area contributed by atoms with Crippen molar-refractivity contribution in [2.75, 3.05) is 13.1 Å². The van der Waals surface area contributed by atoms with Gasteiger partial charge in [0.25, 0.3) is 5.69 Å². The molecular weight excluding hydrogens is 286 g/mol. The molecule has 0 aromatic heterocycles. The van der Waals surface area contributed by atoms with Gasteiger partial charge in [-0.2, -0.15) is 0 Å². The molecule has 1 fully saturated rings. The van der Waals surface area contributed by atoms with Crippen molar-refractivity contribution in [3.8, 4) is 0 Å². The molecule has 108 valence electrons. The van der Waals surface area contributed by atoms with Gasteiger partial charge in [-0.05, 0) is 12.5 Å². The molecule has 3 N–H and O–H groups in total. The van der Waals surface area contributed by atoms with Crippen LogP contribution in [0.1, 0.15) is 12.0 Å². The van der Waals surface area contributed by atoms with E-state index in [2.05, 4.69) is 0 Å². The number of likely N-dealkylation sites (tertiary alicyclic amines) is 1. The number of hydrogen-bond acceptors (Lipinski definition) is 5. The van der Waals surface area contributed by atoms with E-state index in [0.717, 1.165) is 0 Å². The highest BCUT2D eigenvalue weighted by atomic mass is 35.5. The summed E-state index contributed by atoms with van der Waals surface area (Å²) in [6, 6.07) is 4.47. The lowest BCUT2D eigenvalue weighted by atomic mass is 10.0. The van der Waals surface area contributed by atoms with Gasteiger partial charge in [-0.25, -0.2) is 0 Å². The monoisotopic (exact) mass is 299 g/mol. The van der Waals surface area contributed by atoms with E-state index in [9.17, 15) is 14.9 Å². The number of nitro groups is 1. The Labute approximate surface area is 120 Å². The van der Waals surface area contributed by atoms with Crippen molar-refractivity contribution in [3.05, 3.63) is 38.9 Å². The number of nitro benzene ring substituents is 1. The fraction of sp³-hybridized carbons (Fsp3) is 0.417. The summed E-state index contributed by atoms with van der Waals surface area (Å²) in [5, 5.41) is 20.4. The Morgan fingerprint density at radius 3 is 2.85 bits per heavy atom. The number of rotatable bonds is 4. The van der Waals surface area contributed by atoms with Crippen molar-refractivity contribution in [3.63, 3.8) is 0 Å². The molecule has 0 saturated carbocycles. The zero-order chi connectivity index (χ0) is 14.9. The van der Waals surface area contributed by atoms with Crippen molar-refractivity contribution in [2.45, 2.75) is 18.5 Å². The van der Waals surface area contributed by atoms with Crippen LogP contribution in [0.25, 0.3) is 0 Å². The molecule has 1 aromatic carbocycles. The number of aliphatic carboxylic acids is 1. The van der Waals surface area contributed by atoms with Crippen LogP contribution in [0.3, 0.4) is 0 Å². The molecule has 1 aliphatic rings. The van der Waals surface area contributed by atoms with Crippen molar-refractivity contribution >= 4 is 23.3 Å². The summed E-state index contributed by atoms with van der Waals surface area (Å²) in [7, 11) is 0. The predicted molar refractivity (Wildman–Crippen MR) is 72.6 cm³/mol. The number of carboxylic acid groups (broad SMARTS) is 1. The van der Waals surface area contributed by atoms with Crippen LogP contribution in [0.5, 0.6) is 0 Å². The van der Waals surface area contributed by atoms with Gasteiger partial charge in [-0.3, -0.25) is 19.8 Å². The largest absolute Gasteiger partial charge is 0.480 e. The minimum absolute atomic E-state index is 0.0673. The maximum atomic E-state index is 11.1. The first-order valence-electron chi connectivity index (χ1n) is 6.00. The topological polar surface area (TPSA) is 110 Å². The second-order valence-electron chi connectivity index (χ2n) is 4.92. The van der Waals surface area contributed by atoms with E-state index in [4.69, 9.17) is 22.4 Å². The summed E-state index contributed by atoms with van der Waals surface area (Å²) in [6.45, 7) is 0.818. The quantitative estimate of drug-likeness (QED) is 0.639. The van der Waals surface area contributed by atoms with Crippen LogP contribution in [-0.4, -0.2) is 39.5 Å². The van der Waals surface area contributed by atoms with Crippen LogP contribution in [0, 0.1) is 10.1 Å². The third kappa shape index (κ3) is 2.74. The summed E-state index contributed by atoms with van der Waals surface area (Å²) in [5.74, 6) is -1.06. The Morgan fingerprint density at radius 1 is 1.60 bits per heavy atom. The van der Waals surface area contributed by atoms with Crippen molar-refractivity contribution in [1.29, 1.82) is 0 Å². The van der Waals surface area contributed by atoms with Crippen LogP contribution in [0.2, 0.25) is 5.02 Å². The Morgan fingerprint density at radius 2 is 2.30 bits per heavy atom. The van der Waals surface area contributed by atoms with Gasteiger partial charge in [0.05, 0.1) is 15.5 Å². The zero-order valence-corrected chi connectivity index (χ0v) is 11.3. The molecule has 7 nitrogen and oxygen atoms in total. The fourth-order valence-corrected chi connectivity index (χ4v) is 2.55. The third-order valence-corrected chi connectivity index (χ3v) is 3.83. The highest BCUT2D eigenvalue weighted by Crippen LogP contribution is 2.30. The first-order chi connectivity index (χ1) is 9.33. The molecule has 0 bridgehead atoms. The molecule has 1 saturated heterocycles. The Bertz CT molecular complexity index is 566. The highest BCUT2D eigenvalue weighted by Gasteiger charge is 2.41. The minimum Gasteiger partial charge on any atom is -0.480 e. The van der Waals surface area contributed by atoms with E-state index in [1.165, 1.54) is 12.1 Å². The van der Waals surface area contributed by atoms with Crippen molar-refractivity contribution < 1.29 is 14.8 Å². The van der Waals surface area contributed by atoms with E-state index in [-0.39, 0.29) is 18.8 Å². The van der Waals surface area contributed by atoms with E-state index < -0.39 is 16.4 Å². The zero-order valence-electron chi connectivity index (χ0n) is 10.6. The molecule has 2 rings (SSSR count).